The van der Waals surface area contributed by atoms with Crippen LogP contribution in [0.1, 0.15) is 20.8 Å². The number of nitrogens with zero attached hydrogens (tertiary/aromatic N) is 1. The van der Waals surface area contributed by atoms with Crippen molar-refractivity contribution in [3.05, 3.63) is 24.3 Å². The van der Waals surface area contributed by atoms with E-state index in [1.54, 1.807) is 11.8 Å². The molecule has 0 saturated carbocycles. The smallest absolute Gasteiger partial charge is 0.321 e. The summed E-state index contributed by atoms with van der Waals surface area (Å²) in [7, 11) is 0. The molecule has 0 aromatic heterocycles. The molecule has 2 N–H and O–H groups in total. The molecule has 114 valence electrons. The van der Waals surface area contributed by atoms with Gasteiger partial charge in [0.2, 0.25) is 5.91 Å². The van der Waals surface area contributed by atoms with Crippen LogP contribution in [0.4, 0.5) is 10.5 Å². The van der Waals surface area contributed by atoms with E-state index < -0.39 is 6.03 Å². The van der Waals surface area contributed by atoms with Crippen molar-refractivity contribution in [3.63, 3.8) is 0 Å². The highest BCUT2D eigenvalue weighted by atomic mass is 32.2. The van der Waals surface area contributed by atoms with Crippen molar-refractivity contribution in [2.45, 2.75) is 31.2 Å². The Balaban J connectivity index is 1.94. The lowest BCUT2D eigenvalue weighted by Gasteiger charge is -2.30. The van der Waals surface area contributed by atoms with E-state index in [1.807, 2.05) is 43.9 Å². The third kappa shape index (κ3) is 4.67. The van der Waals surface area contributed by atoms with Crippen molar-refractivity contribution in [2.24, 2.45) is 0 Å². The van der Waals surface area contributed by atoms with Crippen LogP contribution < -0.4 is 15.5 Å². The number of benzene rings is 1. The molecule has 6 heteroatoms. The van der Waals surface area contributed by atoms with Crippen molar-refractivity contribution in [1.29, 1.82) is 0 Å². The molecule has 0 unspecified atom stereocenters. The number of urea groups is 1. The first kappa shape index (κ1) is 15.7. The molecular weight excluding hydrogens is 286 g/mol. The summed E-state index contributed by atoms with van der Waals surface area (Å²) in [5.41, 5.74) is 0.693. The van der Waals surface area contributed by atoms with Gasteiger partial charge in [-0.2, -0.15) is 0 Å². The zero-order chi connectivity index (χ0) is 15.5. The molecule has 1 aliphatic rings. The molecule has 0 bridgehead atoms. The number of fused-ring (bicyclic) bond motifs is 1. The highest BCUT2D eigenvalue weighted by Crippen LogP contribution is 2.33. The number of hydrogen-bond donors (Lipinski definition) is 2. The van der Waals surface area contributed by atoms with Gasteiger partial charge < -0.3 is 10.2 Å². The fourth-order valence-electron chi connectivity index (χ4n) is 2.10. The largest absolute Gasteiger partial charge is 0.360 e. The van der Waals surface area contributed by atoms with Gasteiger partial charge in [-0.25, -0.2) is 4.79 Å². The number of carbonyl (C=O) groups excluding carboxylic acids is 2. The van der Waals surface area contributed by atoms with Crippen LogP contribution in [0.15, 0.2) is 29.2 Å². The summed E-state index contributed by atoms with van der Waals surface area (Å²) < 4.78 is 0. The maximum atomic E-state index is 12.0. The number of hydrogen-bond acceptors (Lipinski definition) is 4. The van der Waals surface area contributed by atoms with Crippen LogP contribution in [0.2, 0.25) is 0 Å². The van der Waals surface area contributed by atoms with E-state index >= 15 is 0 Å². The van der Waals surface area contributed by atoms with Gasteiger partial charge >= 0.3 is 6.03 Å². The Morgan fingerprint density at radius 2 is 2.00 bits per heavy atom. The standard InChI is InChI=1S/C15H21N3O2S/c1-15(2,3)17-14(20)16-13(19)10-18-8-9-21-12-7-5-4-6-11(12)18/h4-7H,8-10H2,1-3H3,(H2,16,17,19,20). The molecular formula is C15H21N3O2S. The van der Waals surface area contributed by atoms with E-state index in [4.69, 9.17) is 0 Å². The number of carbonyl (C=O) groups is 2. The minimum atomic E-state index is -0.452. The maximum absolute atomic E-state index is 12.0. The van der Waals surface area contributed by atoms with Crippen LogP contribution in [0.3, 0.4) is 0 Å². The molecule has 2 rings (SSSR count). The second-order valence-electron chi connectivity index (χ2n) is 5.99. The van der Waals surface area contributed by atoms with Gasteiger partial charge in [-0.15, -0.1) is 11.8 Å². The van der Waals surface area contributed by atoms with E-state index in [2.05, 4.69) is 16.7 Å². The van der Waals surface area contributed by atoms with Gasteiger partial charge in [-0.1, -0.05) is 12.1 Å². The van der Waals surface area contributed by atoms with Gasteiger partial charge in [0.1, 0.15) is 0 Å². The van der Waals surface area contributed by atoms with E-state index in [1.165, 1.54) is 4.90 Å². The fraction of sp³-hybridized carbons (Fsp3) is 0.467. The normalized spacial score (nSPS) is 14.3. The molecule has 1 aliphatic heterocycles. The van der Waals surface area contributed by atoms with Gasteiger partial charge in [0.15, 0.2) is 0 Å². The molecule has 5 nitrogen and oxygen atoms in total. The summed E-state index contributed by atoms with van der Waals surface area (Å²) in [6.07, 6.45) is 0. The van der Waals surface area contributed by atoms with Crippen LogP contribution in [0.25, 0.3) is 0 Å². The Bertz CT molecular complexity index is 540. The molecule has 0 spiro atoms. The predicted octanol–water partition coefficient (Wildman–Crippen LogP) is 2.22. The van der Waals surface area contributed by atoms with Crippen LogP contribution in [-0.4, -0.2) is 36.3 Å². The first-order valence-corrected chi connectivity index (χ1v) is 7.92. The Hall–Kier alpha value is -1.69. The molecule has 0 atom stereocenters. The van der Waals surface area contributed by atoms with Gasteiger partial charge in [-0.05, 0) is 32.9 Å². The lowest BCUT2D eigenvalue weighted by atomic mass is 10.1. The minimum Gasteiger partial charge on any atom is -0.360 e. The predicted molar refractivity (Wildman–Crippen MR) is 85.8 cm³/mol. The monoisotopic (exact) mass is 307 g/mol. The SMILES string of the molecule is CC(C)(C)NC(=O)NC(=O)CN1CCSc2ccccc21. The molecule has 0 fully saturated rings. The van der Waals surface area contributed by atoms with Crippen molar-refractivity contribution < 1.29 is 9.59 Å². The molecule has 0 saturated heterocycles. The molecule has 21 heavy (non-hydrogen) atoms. The number of anilines is 1. The number of nitrogens with one attached hydrogen (secondary N) is 2. The van der Waals surface area contributed by atoms with Gasteiger partial charge in [-0.3, -0.25) is 10.1 Å². The van der Waals surface area contributed by atoms with Crippen LogP contribution in [0, 0.1) is 0 Å². The van der Waals surface area contributed by atoms with Crippen molar-refractivity contribution in [1.82, 2.24) is 10.6 Å². The van der Waals surface area contributed by atoms with E-state index in [9.17, 15) is 9.59 Å². The lowest BCUT2D eigenvalue weighted by molar-refractivity contribution is -0.118. The van der Waals surface area contributed by atoms with Crippen LogP contribution in [0.5, 0.6) is 0 Å². The maximum Gasteiger partial charge on any atom is 0.321 e. The van der Waals surface area contributed by atoms with Gasteiger partial charge in [0, 0.05) is 22.7 Å². The number of thioether (sulfide) groups is 1. The van der Waals surface area contributed by atoms with Crippen LogP contribution in [-0.2, 0) is 4.79 Å². The van der Waals surface area contributed by atoms with Crippen molar-refractivity contribution in [2.75, 3.05) is 23.7 Å². The van der Waals surface area contributed by atoms with Gasteiger partial charge in [0.05, 0.1) is 12.2 Å². The zero-order valence-corrected chi connectivity index (χ0v) is 13.4. The highest BCUT2D eigenvalue weighted by Gasteiger charge is 2.21. The van der Waals surface area contributed by atoms with E-state index in [0.29, 0.717) is 0 Å². The summed E-state index contributed by atoms with van der Waals surface area (Å²) in [6.45, 7) is 6.60. The van der Waals surface area contributed by atoms with Crippen LogP contribution >= 0.6 is 11.8 Å². The second kappa shape index (κ2) is 6.39. The third-order valence-corrected chi connectivity index (χ3v) is 3.94. The highest BCUT2D eigenvalue weighted by molar-refractivity contribution is 7.99. The molecule has 3 amide bonds. The average molecular weight is 307 g/mol. The second-order valence-corrected chi connectivity index (χ2v) is 7.13. The Kier molecular flexibility index (Phi) is 4.77. The molecule has 1 heterocycles. The first-order chi connectivity index (χ1) is 9.85. The van der Waals surface area contributed by atoms with E-state index in [0.717, 1.165) is 18.0 Å². The Morgan fingerprint density at radius 1 is 1.29 bits per heavy atom. The summed E-state index contributed by atoms with van der Waals surface area (Å²) in [4.78, 5) is 26.9. The summed E-state index contributed by atoms with van der Waals surface area (Å²) in [5, 5.41) is 5.09. The van der Waals surface area contributed by atoms with Crippen molar-refractivity contribution in [3.8, 4) is 0 Å². The summed E-state index contributed by atoms with van der Waals surface area (Å²) in [6, 6.07) is 7.56. The van der Waals surface area contributed by atoms with Gasteiger partial charge in [0.25, 0.3) is 0 Å². The quantitative estimate of drug-likeness (QED) is 0.879. The molecule has 0 aliphatic carbocycles. The van der Waals surface area contributed by atoms with Crippen molar-refractivity contribution >= 4 is 29.4 Å². The molecule has 1 aromatic carbocycles. The number of amides is 3. The first-order valence-electron chi connectivity index (χ1n) is 6.94. The molecule has 1 aromatic rings. The summed E-state index contributed by atoms with van der Waals surface area (Å²) in [5.74, 6) is 0.650. The molecule has 0 radical (unpaired) electrons. The number of rotatable bonds is 2. The Labute approximate surface area is 129 Å². The average Bonchev–Trinajstić information content (AvgIpc) is 2.36. The lowest BCUT2D eigenvalue weighted by Crippen LogP contribution is -2.50. The number of para-hydroxylation sites is 1. The Morgan fingerprint density at radius 3 is 2.71 bits per heavy atom. The fourth-order valence-corrected chi connectivity index (χ4v) is 3.15. The van der Waals surface area contributed by atoms with E-state index in [-0.39, 0.29) is 18.0 Å². The topological polar surface area (TPSA) is 61.4 Å². The summed E-state index contributed by atoms with van der Waals surface area (Å²) >= 11 is 1.79. The third-order valence-electron chi connectivity index (χ3n) is 2.90. The number of imide groups is 1. The minimum absolute atomic E-state index is 0.190. The zero-order valence-electron chi connectivity index (χ0n) is 12.6.